The van der Waals surface area contributed by atoms with E-state index in [-0.39, 0.29) is 0 Å². The number of fused-ring (bicyclic) bond motifs is 1. The van der Waals surface area contributed by atoms with E-state index in [4.69, 9.17) is 16.3 Å². The molecule has 1 heterocycles. The van der Waals surface area contributed by atoms with Crippen LogP contribution in [-0.4, -0.2) is 19.2 Å². The number of likely N-dealkylation sites (N-methyl/N-ethyl adjacent to an activating group) is 1. The zero-order valence-electron chi connectivity index (χ0n) is 11.5. The van der Waals surface area contributed by atoms with Gasteiger partial charge < -0.3 is 10.1 Å². The molecule has 1 aromatic rings. The van der Waals surface area contributed by atoms with Gasteiger partial charge in [-0.1, -0.05) is 24.9 Å². The SMILES string of the molecule is CCNC(Cc1cc(Cl)cc2c1OCC2)C1CCC1. The fourth-order valence-corrected chi connectivity index (χ4v) is 3.51. The zero-order valence-corrected chi connectivity index (χ0v) is 12.3. The van der Waals surface area contributed by atoms with Crippen molar-refractivity contribution in [1.82, 2.24) is 5.32 Å². The number of hydrogen-bond acceptors (Lipinski definition) is 2. The predicted molar refractivity (Wildman–Crippen MR) is 79.2 cm³/mol. The van der Waals surface area contributed by atoms with E-state index >= 15 is 0 Å². The van der Waals surface area contributed by atoms with Crippen molar-refractivity contribution < 1.29 is 4.74 Å². The Kier molecular flexibility index (Phi) is 3.99. The van der Waals surface area contributed by atoms with Crippen molar-refractivity contribution in [1.29, 1.82) is 0 Å². The van der Waals surface area contributed by atoms with Crippen LogP contribution in [0.15, 0.2) is 12.1 Å². The molecule has 3 rings (SSSR count). The minimum absolute atomic E-state index is 0.575. The van der Waals surface area contributed by atoms with Crippen LogP contribution in [-0.2, 0) is 12.8 Å². The number of halogens is 1. The lowest BCUT2D eigenvalue weighted by atomic mass is 9.77. The van der Waals surface area contributed by atoms with E-state index in [1.807, 2.05) is 0 Å². The van der Waals surface area contributed by atoms with Crippen molar-refractivity contribution in [3.8, 4) is 5.75 Å². The molecule has 1 aliphatic carbocycles. The average Bonchev–Trinajstić information content (AvgIpc) is 2.74. The van der Waals surface area contributed by atoms with Gasteiger partial charge in [0.15, 0.2) is 0 Å². The summed E-state index contributed by atoms with van der Waals surface area (Å²) in [5, 5.41) is 4.50. The molecule has 1 aromatic carbocycles. The molecule has 19 heavy (non-hydrogen) atoms. The van der Waals surface area contributed by atoms with Gasteiger partial charge in [0.1, 0.15) is 5.75 Å². The predicted octanol–water partition coefficient (Wildman–Crippen LogP) is 3.60. The first kappa shape index (κ1) is 13.3. The molecule has 0 amide bonds. The molecule has 0 bridgehead atoms. The van der Waals surface area contributed by atoms with Gasteiger partial charge in [0, 0.05) is 17.5 Å². The van der Waals surface area contributed by atoms with Crippen molar-refractivity contribution in [2.45, 2.75) is 45.1 Å². The second-order valence-corrected chi connectivity index (χ2v) is 6.15. The molecule has 1 unspecified atom stereocenters. The summed E-state index contributed by atoms with van der Waals surface area (Å²) >= 11 is 6.24. The number of nitrogens with one attached hydrogen (secondary N) is 1. The highest BCUT2D eigenvalue weighted by Crippen LogP contribution is 2.36. The fourth-order valence-electron chi connectivity index (χ4n) is 3.24. The maximum atomic E-state index is 6.24. The summed E-state index contributed by atoms with van der Waals surface area (Å²) < 4.78 is 5.81. The smallest absolute Gasteiger partial charge is 0.125 e. The maximum Gasteiger partial charge on any atom is 0.125 e. The fraction of sp³-hybridized carbons (Fsp3) is 0.625. The topological polar surface area (TPSA) is 21.3 Å². The number of hydrogen-bond donors (Lipinski definition) is 1. The largest absolute Gasteiger partial charge is 0.493 e. The standard InChI is InChI=1S/C16H22ClNO/c1-2-18-15(11-4-3-5-11)10-13-9-14(17)8-12-6-7-19-16(12)13/h8-9,11,15,18H,2-7,10H2,1H3. The molecule has 0 spiro atoms. The van der Waals surface area contributed by atoms with Crippen molar-refractivity contribution in [2.75, 3.05) is 13.2 Å². The van der Waals surface area contributed by atoms with Gasteiger partial charge in [0.05, 0.1) is 6.61 Å². The van der Waals surface area contributed by atoms with Crippen LogP contribution in [0.25, 0.3) is 0 Å². The zero-order chi connectivity index (χ0) is 13.2. The second kappa shape index (κ2) is 5.72. The van der Waals surface area contributed by atoms with E-state index in [9.17, 15) is 0 Å². The molecule has 1 atom stereocenters. The van der Waals surface area contributed by atoms with Crippen LogP contribution in [0.5, 0.6) is 5.75 Å². The van der Waals surface area contributed by atoms with E-state index < -0.39 is 0 Å². The Balaban J connectivity index is 1.81. The molecule has 1 fully saturated rings. The van der Waals surface area contributed by atoms with E-state index in [2.05, 4.69) is 24.4 Å². The van der Waals surface area contributed by atoms with Gasteiger partial charge >= 0.3 is 0 Å². The lowest BCUT2D eigenvalue weighted by molar-refractivity contribution is 0.228. The van der Waals surface area contributed by atoms with Crippen molar-refractivity contribution >= 4 is 11.6 Å². The first-order valence-corrected chi connectivity index (χ1v) is 7.83. The summed E-state index contributed by atoms with van der Waals surface area (Å²) in [5.74, 6) is 1.93. The monoisotopic (exact) mass is 279 g/mol. The Morgan fingerprint density at radius 1 is 1.42 bits per heavy atom. The van der Waals surface area contributed by atoms with E-state index in [1.54, 1.807) is 0 Å². The normalized spacial score (nSPS) is 19.7. The molecule has 104 valence electrons. The first-order chi connectivity index (χ1) is 9.28. The van der Waals surface area contributed by atoms with Crippen LogP contribution in [0.1, 0.15) is 37.3 Å². The Morgan fingerprint density at radius 2 is 2.26 bits per heavy atom. The van der Waals surface area contributed by atoms with Gasteiger partial charge in [0.2, 0.25) is 0 Å². The minimum Gasteiger partial charge on any atom is -0.493 e. The molecule has 3 heteroatoms. The molecule has 0 saturated heterocycles. The van der Waals surface area contributed by atoms with Crippen LogP contribution in [0, 0.1) is 5.92 Å². The van der Waals surface area contributed by atoms with Crippen LogP contribution in [0.4, 0.5) is 0 Å². The van der Waals surface area contributed by atoms with Gasteiger partial charge in [-0.15, -0.1) is 0 Å². The highest BCUT2D eigenvalue weighted by Gasteiger charge is 2.28. The highest BCUT2D eigenvalue weighted by molar-refractivity contribution is 6.30. The molecule has 1 aliphatic heterocycles. The highest BCUT2D eigenvalue weighted by atomic mass is 35.5. The minimum atomic E-state index is 0.575. The van der Waals surface area contributed by atoms with Crippen LogP contribution in [0.3, 0.4) is 0 Å². The third-order valence-electron chi connectivity index (χ3n) is 4.45. The third-order valence-corrected chi connectivity index (χ3v) is 4.67. The summed E-state index contributed by atoms with van der Waals surface area (Å²) in [4.78, 5) is 0. The molecule has 0 aromatic heterocycles. The molecular formula is C16H22ClNO. The van der Waals surface area contributed by atoms with Crippen molar-refractivity contribution in [3.63, 3.8) is 0 Å². The quantitative estimate of drug-likeness (QED) is 0.889. The molecular weight excluding hydrogens is 258 g/mol. The van der Waals surface area contributed by atoms with Crippen LogP contribution < -0.4 is 10.1 Å². The molecule has 1 saturated carbocycles. The van der Waals surface area contributed by atoms with E-state index in [1.165, 1.54) is 30.4 Å². The molecule has 0 radical (unpaired) electrons. The Bertz CT molecular complexity index is 456. The summed E-state index contributed by atoms with van der Waals surface area (Å²) in [6.45, 7) is 4.02. The number of rotatable bonds is 5. The Labute approximate surface area is 120 Å². The van der Waals surface area contributed by atoms with Gasteiger partial charge in [-0.2, -0.15) is 0 Å². The Hall–Kier alpha value is -0.730. The van der Waals surface area contributed by atoms with Gasteiger partial charge in [-0.25, -0.2) is 0 Å². The lowest BCUT2D eigenvalue weighted by Crippen LogP contribution is -2.41. The van der Waals surface area contributed by atoms with Crippen LogP contribution in [0.2, 0.25) is 5.02 Å². The van der Waals surface area contributed by atoms with Gasteiger partial charge in [0.25, 0.3) is 0 Å². The molecule has 2 aliphatic rings. The number of benzene rings is 1. The lowest BCUT2D eigenvalue weighted by Gasteiger charge is -2.34. The first-order valence-electron chi connectivity index (χ1n) is 7.45. The molecule has 2 nitrogen and oxygen atoms in total. The van der Waals surface area contributed by atoms with Crippen molar-refractivity contribution in [3.05, 3.63) is 28.3 Å². The number of ether oxygens (including phenoxy) is 1. The summed E-state index contributed by atoms with van der Waals surface area (Å²) in [6.07, 6.45) is 6.15. The molecule has 1 N–H and O–H groups in total. The summed E-state index contributed by atoms with van der Waals surface area (Å²) in [6, 6.07) is 4.72. The average molecular weight is 280 g/mol. The van der Waals surface area contributed by atoms with Gasteiger partial charge in [-0.05, 0) is 55.0 Å². The van der Waals surface area contributed by atoms with Crippen LogP contribution >= 0.6 is 11.6 Å². The van der Waals surface area contributed by atoms with Crippen molar-refractivity contribution in [2.24, 2.45) is 5.92 Å². The van der Waals surface area contributed by atoms with Gasteiger partial charge in [-0.3, -0.25) is 0 Å². The Morgan fingerprint density at radius 3 is 2.95 bits per heavy atom. The van der Waals surface area contributed by atoms with E-state index in [0.29, 0.717) is 6.04 Å². The summed E-state index contributed by atoms with van der Waals surface area (Å²) in [5.41, 5.74) is 2.57. The maximum absolute atomic E-state index is 6.24. The summed E-state index contributed by atoms with van der Waals surface area (Å²) in [7, 11) is 0. The van der Waals surface area contributed by atoms with E-state index in [0.717, 1.165) is 42.7 Å². The third kappa shape index (κ3) is 2.75. The second-order valence-electron chi connectivity index (χ2n) is 5.71.